The van der Waals surface area contributed by atoms with Gasteiger partial charge in [-0.1, -0.05) is 25.1 Å². The third-order valence-electron chi connectivity index (χ3n) is 4.07. The van der Waals surface area contributed by atoms with Gasteiger partial charge in [0.1, 0.15) is 5.82 Å². The Morgan fingerprint density at radius 1 is 1.37 bits per heavy atom. The Kier molecular flexibility index (Phi) is 3.36. The van der Waals surface area contributed by atoms with Gasteiger partial charge < -0.3 is 4.90 Å². The van der Waals surface area contributed by atoms with E-state index in [2.05, 4.69) is 37.1 Å². The van der Waals surface area contributed by atoms with Gasteiger partial charge in [0, 0.05) is 24.5 Å². The molecule has 19 heavy (non-hydrogen) atoms. The Morgan fingerprint density at radius 3 is 2.79 bits per heavy atom. The quantitative estimate of drug-likeness (QED) is 0.782. The normalized spacial score (nSPS) is 21.6. The largest absolute Gasteiger partial charge is 0.359 e. The number of benzene rings is 1. The highest BCUT2D eigenvalue weighted by atomic mass is 35.5. The highest BCUT2D eigenvalue weighted by molar-refractivity contribution is 6.17. The minimum Gasteiger partial charge on any atom is -0.359 e. The number of anilines is 1. The van der Waals surface area contributed by atoms with Crippen LogP contribution in [0.5, 0.6) is 0 Å². The first-order valence-electron chi connectivity index (χ1n) is 6.85. The van der Waals surface area contributed by atoms with Crippen molar-refractivity contribution in [2.75, 3.05) is 18.5 Å². The second kappa shape index (κ2) is 5.01. The average Bonchev–Trinajstić information content (AvgIpc) is 3.12. The Labute approximate surface area is 119 Å². The molecule has 2 aromatic rings. The summed E-state index contributed by atoms with van der Waals surface area (Å²) >= 11 is 6.09. The summed E-state index contributed by atoms with van der Waals surface area (Å²) in [6, 6.07) is 10.4. The van der Waals surface area contributed by atoms with Crippen LogP contribution in [0, 0.1) is 11.8 Å². The fourth-order valence-corrected chi connectivity index (χ4v) is 2.87. The molecule has 0 saturated heterocycles. The zero-order valence-corrected chi connectivity index (χ0v) is 12.2. The van der Waals surface area contributed by atoms with E-state index in [0.717, 1.165) is 40.7 Å². The number of pyridine rings is 1. The van der Waals surface area contributed by atoms with Crippen molar-refractivity contribution in [1.29, 1.82) is 0 Å². The van der Waals surface area contributed by atoms with E-state index in [1.54, 1.807) is 0 Å². The van der Waals surface area contributed by atoms with Gasteiger partial charge in [-0.05, 0) is 30.4 Å². The summed E-state index contributed by atoms with van der Waals surface area (Å²) in [5.41, 5.74) is 2.17. The lowest BCUT2D eigenvalue weighted by Gasteiger charge is -2.21. The highest BCUT2D eigenvalue weighted by Crippen LogP contribution is 2.39. The summed E-state index contributed by atoms with van der Waals surface area (Å²) in [5.74, 6) is 3.23. The van der Waals surface area contributed by atoms with Crippen LogP contribution in [0.15, 0.2) is 30.3 Å². The number of fused-ring (bicyclic) bond motifs is 1. The van der Waals surface area contributed by atoms with Gasteiger partial charge in [0.15, 0.2) is 0 Å². The van der Waals surface area contributed by atoms with Gasteiger partial charge >= 0.3 is 0 Å². The minimum atomic E-state index is 0.512. The van der Waals surface area contributed by atoms with E-state index in [4.69, 9.17) is 16.6 Å². The van der Waals surface area contributed by atoms with Crippen LogP contribution in [0.1, 0.15) is 18.9 Å². The Balaban J connectivity index is 1.95. The van der Waals surface area contributed by atoms with Crippen LogP contribution in [-0.2, 0) is 5.88 Å². The smallest absolute Gasteiger partial charge is 0.133 e. The molecule has 1 aromatic heterocycles. The molecule has 0 bridgehead atoms. The van der Waals surface area contributed by atoms with E-state index in [1.807, 2.05) is 12.1 Å². The molecule has 1 aliphatic carbocycles. The van der Waals surface area contributed by atoms with Crippen molar-refractivity contribution in [1.82, 2.24) is 4.98 Å². The number of alkyl halides is 1. The Morgan fingerprint density at radius 2 is 2.11 bits per heavy atom. The van der Waals surface area contributed by atoms with E-state index in [9.17, 15) is 0 Å². The zero-order chi connectivity index (χ0) is 13.4. The number of hydrogen-bond acceptors (Lipinski definition) is 2. The lowest BCUT2D eigenvalue weighted by molar-refractivity contribution is 0.719. The van der Waals surface area contributed by atoms with Gasteiger partial charge in [-0.3, -0.25) is 0 Å². The number of rotatable bonds is 4. The zero-order valence-electron chi connectivity index (χ0n) is 11.4. The van der Waals surface area contributed by atoms with Crippen LogP contribution in [-0.4, -0.2) is 18.6 Å². The van der Waals surface area contributed by atoms with Crippen LogP contribution >= 0.6 is 11.6 Å². The van der Waals surface area contributed by atoms with Crippen LogP contribution in [0.4, 0.5) is 5.82 Å². The molecule has 0 aliphatic heterocycles. The number of aromatic nitrogens is 1. The first kappa shape index (κ1) is 12.7. The molecule has 100 valence electrons. The van der Waals surface area contributed by atoms with E-state index >= 15 is 0 Å². The van der Waals surface area contributed by atoms with Crippen LogP contribution in [0.3, 0.4) is 0 Å². The summed E-state index contributed by atoms with van der Waals surface area (Å²) in [4.78, 5) is 7.06. The van der Waals surface area contributed by atoms with Crippen molar-refractivity contribution in [3.63, 3.8) is 0 Å². The van der Waals surface area contributed by atoms with Crippen molar-refractivity contribution >= 4 is 28.3 Å². The van der Waals surface area contributed by atoms with E-state index in [0.29, 0.717) is 5.88 Å². The molecule has 1 saturated carbocycles. The van der Waals surface area contributed by atoms with Crippen molar-refractivity contribution in [3.05, 3.63) is 35.9 Å². The van der Waals surface area contributed by atoms with Gasteiger partial charge in [0.05, 0.1) is 11.4 Å². The SMILES string of the molecule is CC1CC1CN(C)c1nc2ccccc2cc1CCl. The maximum atomic E-state index is 6.09. The fraction of sp³-hybridized carbons (Fsp3) is 0.438. The number of hydrogen-bond donors (Lipinski definition) is 0. The van der Waals surface area contributed by atoms with Crippen molar-refractivity contribution in [2.24, 2.45) is 11.8 Å². The van der Waals surface area contributed by atoms with Crippen LogP contribution < -0.4 is 4.90 Å². The first-order valence-corrected chi connectivity index (χ1v) is 7.38. The Hall–Kier alpha value is -1.28. The molecule has 3 rings (SSSR count). The second-order valence-electron chi connectivity index (χ2n) is 5.65. The third kappa shape index (κ3) is 2.55. The standard InChI is InChI=1S/C16H19ClN2/c1-11-7-14(11)10-19(2)16-13(9-17)8-12-5-3-4-6-15(12)18-16/h3-6,8,11,14H,7,9-10H2,1-2H3. The lowest BCUT2D eigenvalue weighted by Crippen LogP contribution is -2.23. The fourth-order valence-electron chi connectivity index (χ4n) is 2.67. The molecule has 0 radical (unpaired) electrons. The highest BCUT2D eigenvalue weighted by Gasteiger charge is 2.33. The molecule has 0 amide bonds. The maximum absolute atomic E-state index is 6.09. The van der Waals surface area contributed by atoms with Crippen molar-refractivity contribution in [2.45, 2.75) is 19.2 Å². The lowest BCUT2D eigenvalue weighted by atomic mass is 10.1. The Bertz CT molecular complexity index is 596. The van der Waals surface area contributed by atoms with Gasteiger partial charge in [0.25, 0.3) is 0 Å². The maximum Gasteiger partial charge on any atom is 0.133 e. The summed E-state index contributed by atoms with van der Waals surface area (Å²) in [6.07, 6.45) is 1.34. The molecule has 0 N–H and O–H groups in total. The molecule has 1 aliphatic rings. The molecular weight excluding hydrogens is 256 g/mol. The number of para-hydroxylation sites is 1. The predicted molar refractivity (Wildman–Crippen MR) is 81.8 cm³/mol. The van der Waals surface area contributed by atoms with Crippen LogP contribution in [0.2, 0.25) is 0 Å². The molecule has 3 heteroatoms. The second-order valence-corrected chi connectivity index (χ2v) is 5.92. The van der Waals surface area contributed by atoms with Crippen LogP contribution in [0.25, 0.3) is 10.9 Å². The molecule has 2 nitrogen and oxygen atoms in total. The van der Waals surface area contributed by atoms with Gasteiger partial charge in [-0.15, -0.1) is 11.6 Å². The first-order chi connectivity index (χ1) is 9.19. The minimum absolute atomic E-state index is 0.512. The molecule has 2 unspecified atom stereocenters. The van der Waals surface area contributed by atoms with Crippen molar-refractivity contribution < 1.29 is 0 Å². The molecule has 2 atom stereocenters. The summed E-state index contributed by atoms with van der Waals surface area (Å²) in [6.45, 7) is 3.39. The molecule has 1 heterocycles. The van der Waals surface area contributed by atoms with E-state index in [1.165, 1.54) is 6.42 Å². The summed E-state index contributed by atoms with van der Waals surface area (Å²) in [7, 11) is 2.12. The van der Waals surface area contributed by atoms with Crippen molar-refractivity contribution in [3.8, 4) is 0 Å². The summed E-state index contributed by atoms with van der Waals surface area (Å²) < 4.78 is 0. The van der Waals surface area contributed by atoms with Gasteiger partial charge in [-0.2, -0.15) is 0 Å². The number of halogens is 1. The average molecular weight is 275 g/mol. The number of nitrogens with zero attached hydrogens (tertiary/aromatic N) is 2. The van der Waals surface area contributed by atoms with E-state index < -0.39 is 0 Å². The predicted octanol–water partition coefficient (Wildman–Crippen LogP) is 4.07. The third-order valence-corrected chi connectivity index (χ3v) is 4.36. The van der Waals surface area contributed by atoms with Gasteiger partial charge in [-0.25, -0.2) is 4.98 Å². The van der Waals surface area contributed by atoms with Gasteiger partial charge in [0.2, 0.25) is 0 Å². The monoisotopic (exact) mass is 274 g/mol. The topological polar surface area (TPSA) is 16.1 Å². The molecule has 1 fully saturated rings. The summed E-state index contributed by atoms with van der Waals surface area (Å²) in [5, 5.41) is 1.16. The molecular formula is C16H19ClN2. The molecule has 1 aromatic carbocycles. The molecule has 0 spiro atoms. The van der Waals surface area contributed by atoms with E-state index in [-0.39, 0.29) is 0 Å².